The second kappa shape index (κ2) is 6.77. The van der Waals surface area contributed by atoms with Crippen molar-refractivity contribution < 1.29 is 4.79 Å². The van der Waals surface area contributed by atoms with Crippen LogP contribution >= 0.6 is 0 Å². The molecule has 0 saturated heterocycles. The molecule has 4 heteroatoms. The summed E-state index contributed by atoms with van der Waals surface area (Å²) in [6, 6.07) is 21.8. The minimum Gasteiger partial charge on any atom is -0.352 e. The number of nitrogens with one attached hydrogen (secondary N) is 2. The van der Waals surface area contributed by atoms with Crippen molar-refractivity contribution in [3.8, 4) is 0 Å². The number of aromatic nitrogens is 2. The number of carbonyl (C=O) groups is 1. The van der Waals surface area contributed by atoms with E-state index in [0.717, 1.165) is 46.0 Å². The maximum absolute atomic E-state index is 12.5. The molecule has 4 rings (SSSR count). The topological polar surface area (TPSA) is 57.8 Å². The van der Waals surface area contributed by atoms with Crippen LogP contribution in [-0.2, 0) is 6.42 Å². The second-order valence-corrected chi connectivity index (χ2v) is 6.09. The van der Waals surface area contributed by atoms with Gasteiger partial charge in [-0.2, -0.15) is 0 Å². The van der Waals surface area contributed by atoms with Gasteiger partial charge in [-0.25, -0.2) is 4.98 Å². The smallest absolute Gasteiger partial charge is 0.251 e. The Labute approximate surface area is 145 Å². The molecule has 0 bridgehead atoms. The Kier molecular flexibility index (Phi) is 4.17. The number of imidazole rings is 1. The van der Waals surface area contributed by atoms with Crippen LogP contribution in [0, 0.1) is 0 Å². The van der Waals surface area contributed by atoms with Crippen molar-refractivity contribution in [2.75, 3.05) is 6.54 Å². The fraction of sp³-hybridized carbons (Fsp3) is 0.143. The average Bonchev–Trinajstić information content (AvgIpc) is 3.07. The van der Waals surface area contributed by atoms with E-state index in [1.807, 2.05) is 66.7 Å². The third-order valence-electron chi connectivity index (χ3n) is 4.35. The minimum atomic E-state index is -0.0265. The van der Waals surface area contributed by atoms with Gasteiger partial charge in [0.15, 0.2) is 0 Å². The van der Waals surface area contributed by atoms with Gasteiger partial charge in [-0.1, -0.05) is 48.5 Å². The lowest BCUT2D eigenvalue weighted by atomic mass is 10.0. The maximum Gasteiger partial charge on any atom is 0.251 e. The molecule has 0 radical (unpaired) electrons. The first-order valence-electron chi connectivity index (χ1n) is 8.51. The Morgan fingerprint density at radius 1 is 0.960 bits per heavy atom. The van der Waals surface area contributed by atoms with Crippen LogP contribution in [0.5, 0.6) is 0 Å². The van der Waals surface area contributed by atoms with E-state index >= 15 is 0 Å². The van der Waals surface area contributed by atoms with Crippen molar-refractivity contribution >= 4 is 27.7 Å². The van der Waals surface area contributed by atoms with Crippen LogP contribution in [0.4, 0.5) is 0 Å². The van der Waals surface area contributed by atoms with E-state index < -0.39 is 0 Å². The zero-order valence-corrected chi connectivity index (χ0v) is 13.8. The Morgan fingerprint density at radius 3 is 2.68 bits per heavy atom. The lowest BCUT2D eigenvalue weighted by Crippen LogP contribution is -2.25. The predicted molar refractivity (Wildman–Crippen MR) is 101 cm³/mol. The molecule has 0 aliphatic carbocycles. The zero-order valence-electron chi connectivity index (χ0n) is 13.8. The van der Waals surface area contributed by atoms with E-state index in [1.54, 1.807) is 0 Å². The van der Waals surface area contributed by atoms with Crippen molar-refractivity contribution in [1.29, 1.82) is 0 Å². The van der Waals surface area contributed by atoms with E-state index in [9.17, 15) is 4.79 Å². The number of para-hydroxylation sites is 2. The van der Waals surface area contributed by atoms with E-state index in [4.69, 9.17) is 0 Å². The molecule has 4 nitrogen and oxygen atoms in total. The molecular formula is C21H19N3O. The molecule has 2 N–H and O–H groups in total. The molecule has 0 aliphatic rings. The molecule has 0 spiro atoms. The standard InChI is InChI=1S/C21H19N3O/c25-21(17-10-5-8-15-7-1-2-9-16(15)17)22-14-6-13-20-23-18-11-3-4-12-19(18)24-20/h1-5,7-12H,6,13-14H2,(H,22,25)(H,23,24). The summed E-state index contributed by atoms with van der Waals surface area (Å²) in [5, 5.41) is 5.08. The Bertz CT molecular complexity index is 997. The molecule has 1 heterocycles. The van der Waals surface area contributed by atoms with Gasteiger partial charge >= 0.3 is 0 Å². The van der Waals surface area contributed by atoms with Gasteiger partial charge in [0.2, 0.25) is 0 Å². The maximum atomic E-state index is 12.5. The number of amides is 1. The summed E-state index contributed by atoms with van der Waals surface area (Å²) in [7, 11) is 0. The fourth-order valence-electron chi connectivity index (χ4n) is 3.10. The zero-order chi connectivity index (χ0) is 17.1. The van der Waals surface area contributed by atoms with E-state index in [1.165, 1.54) is 0 Å². The Hall–Kier alpha value is -3.14. The highest BCUT2D eigenvalue weighted by atomic mass is 16.1. The third kappa shape index (κ3) is 3.24. The number of hydrogen-bond acceptors (Lipinski definition) is 2. The van der Waals surface area contributed by atoms with Crippen LogP contribution in [0.25, 0.3) is 21.8 Å². The summed E-state index contributed by atoms with van der Waals surface area (Å²) in [6.07, 6.45) is 1.65. The largest absolute Gasteiger partial charge is 0.352 e. The third-order valence-corrected chi connectivity index (χ3v) is 4.35. The SMILES string of the molecule is O=C(NCCCc1nc2ccccc2[nH]1)c1cccc2ccccc12. The fourth-order valence-corrected chi connectivity index (χ4v) is 3.10. The first-order chi connectivity index (χ1) is 12.3. The number of nitrogens with zero attached hydrogens (tertiary/aromatic N) is 1. The lowest BCUT2D eigenvalue weighted by molar-refractivity contribution is 0.0955. The monoisotopic (exact) mass is 329 g/mol. The summed E-state index contributed by atoms with van der Waals surface area (Å²) in [6.45, 7) is 0.624. The van der Waals surface area contributed by atoms with Crippen molar-refractivity contribution in [2.45, 2.75) is 12.8 Å². The number of rotatable bonds is 5. The van der Waals surface area contributed by atoms with Gasteiger partial charge in [-0.3, -0.25) is 4.79 Å². The molecule has 124 valence electrons. The Morgan fingerprint density at radius 2 is 1.76 bits per heavy atom. The molecule has 1 amide bonds. The molecule has 3 aromatic carbocycles. The van der Waals surface area contributed by atoms with Crippen LogP contribution in [0.3, 0.4) is 0 Å². The van der Waals surface area contributed by atoms with Crippen LogP contribution in [0.15, 0.2) is 66.7 Å². The van der Waals surface area contributed by atoms with Crippen LogP contribution in [-0.4, -0.2) is 22.4 Å². The predicted octanol–water partition coefficient (Wildman–Crippen LogP) is 4.08. The quantitative estimate of drug-likeness (QED) is 0.542. The summed E-state index contributed by atoms with van der Waals surface area (Å²) in [4.78, 5) is 20.4. The highest BCUT2D eigenvalue weighted by Crippen LogP contribution is 2.18. The molecule has 1 aromatic heterocycles. The molecular weight excluding hydrogens is 310 g/mol. The highest BCUT2D eigenvalue weighted by Gasteiger charge is 2.09. The number of carbonyl (C=O) groups excluding carboxylic acids is 1. The van der Waals surface area contributed by atoms with Gasteiger partial charge in [-0.15, -0.1) is 0 Å². The van der Waals surface area contributed by atoms with E-state index in [0.29, 0.717) is 6.54 Å². The van der Waals surface area contributed by atoms with Crippen molar-refractivity contribution in [3.63, 3.8) is 0 Å². The first-order valence-corrected chi connectivity index (χ1v) is 8.51. The molecule has 0 atom stereocenters. The summed E-state index contributed by atoms with van der Waals surface area (Å²) in [5.74, 6) is 0.932. The average molecular weight is 329 g/mol. The summed E-state index contributed by atoms with van der Waals surface area (Å²) >= 11 is 0. The molecule has 0 saturated carbocycles. The van der Waals surface area contributed by atoms with Crippen molar-refractivity contribution in [1.82, 2.24) is 15.3 Å². The van der Waals surface area contributed by atoms with Gasteiger partial charge in [0, 0.05) is 18.5 Å². The number of fused-ring (bicyclic) bond motifs is 2. The number of benzene rings is 3. The van der Waals surface area contributed by atoms with Gasteiger partial charge in [0.1, 0.15) is 5.82 Å². The van der Waals surface area contributed by atoms with E-state index in [2.05, 4.69) is 15.3 Å². The van der Waals surface area contributed by atoms with Gasteiger partial charge in [-0.05, 0) is 35.4 Å². The molecule has 0 fully saturated rings. The normalized spacial score (nSPS) is 11.0. The van der Waals surface area contributed by atoms with Crippen LogP contribution < -0.4 is 5.32 Å². The summed E-state index contributed by atoms with van der Waals surface area (Å²) < 4.78 is 0. The van der Waals surface area contributed by atoms with Gasteiger partial charge in [0.25, 0.3) is 5.91 Å². The Balaban J connectivity index is 1.37. The molecule has 4 aromatic rings. The highest BCUT2D eigenvalue weighted by molar-refractivity contribution is 6.06. The van der Waals surface area contributed by atoms with E-state index in [-0.39, 0.29) is 5.91 Å². The number of aromatic amines is 1. The van der Waals surface area contributed by atoms with Crippen molar-refractivity contribution in [3.05, 3.63) is 78.1 Å². The minimum absolute atomic E-state index is 0.0265. The molecule has 25 heavy (non-hydrogen) atoms. The number of hydrogen-bond donors (Lipinski definition) is 2. The van der Waals surface area contributed by atoms with Gasteiger partial charge in [0.05, 0.1) is 11.0 Å². The van der Waals surface area contributed by atoms with Crippen molar-refractivity contribution in [2.24, 2.45) is 0 Å². The first kappa shape index (κ1) is 15.4. The number of aryl methyl sites for hydroxylation is 1. The van der Waals surface area contributed by atoms with Gasteiger partial charge < -0.3 is 10.3 Å². The van der Waals surface area contributed by atoms with Crippen LogP contribution in [0.1, 0.15) is 22.6 Å². The van der Waals surface area contributed by atoms with Crippen LogP contribution in [0.2, 0.25) is 0 Å². The lowest BCUT2D eigenvalue weighted by Gasteiger charge is -2.07. The number of H-pyrrole nitrogens is 1. The molecule has 0 unspecified atom stereocenters. The summed E-state index contributed by atoms with van der Waals surface area (Å²) in [5.41, 5.74) is 2.76. The molecule has 0 aliphatic heterocycles. The second-order valence-electron chi connectivity index (χ2n) is 6.09.